The third-order valence-corrected chi connectivity index (χ3v) is 4.02. The second-order valence-electron chi connectivity index (χ2n) is 5.79. The Labute approximate surface area is 127 Å². The Balaban J connectivity index is 1.56. The van der Waals surface area contributed by atoms with Crippen molar-refractivity contribution in [3.63, 3.8) is 0 Å². The molecule has 2 unspecified atom stereocenters. The van der Waals surface area contributed by atoms with E-state index in [9.17, 15) is 4.79 Å². The number of amides is 1. The van der Waals surface area contributed by atoms with E-state index in [1.807, 2.05) is 37.3 Å². The van der Waals surface area contributed by atoms with Gasteiger partial charge in [-0.25, -0.2) is 0 Å². The van der Waals surface area contributed by atoms with Gasteiger partial charge in [-0.2, -0.15) is 0 Å². The molecule has 0 bridgehead atoms. The van der Waals surface area contributed by atoms with Crippen LogP contribution < -0.4 is 15.4 Å². The minimum atomic E-state index is -0.00425. The van der Waals surface area contributed by atoms with Gasteiger partial charge in [0.2, 0.25) is 5.91 Å². The molecule has 1 saturated heterocycles. The molecule has 1 aliphatic heterocycles. The van der Waals surface area contributed by atoms with E-state index in [0.29, 0.717) is 6.61 Å². The first-order chi connectivity index (χ1) is 10.3. The first kappa shape index (κ1) is 15.8. The molecule has 0 spiro atoms. The SMILES string of the molecule is CC(CCOc1ccccc1)C(=O)NCCC1CCNC1. The molecule has 1 aromatic rings. The first-order valence-electron chi connectivity index (χ1n) is 7.92. The summed E-state index contributed by atoms with van der Waals surface area (Å²) in [6.45, 7) is 5.53. The molecule has 116 valence electrons. The normalized spacial score (nSPS) is 19.2. The van der Waals surface area contributed by atoms with Crippen molar-refractivity contribution >= 4 is 5.91 Å². The minimum Gasteiger partial charge on any atom is -0.494 e. The van der Waals surface area contributed by atoms with Crippen LogP contribution in [0.5, 0.6) is 5.75 Å². The van der Waals surface area contributed by atoms with E-state index >= 15 is 0 Å². The van der Waals surface area contributed by atoms with E-state index in [4.69, 9.17) is 4.74 Å². The maximum absolute atomic E-state index is 12.0. The number of carbonyl (C=O) groups is 1. The lowest BCUT2D eigenvalue weighted by atomic mass is 10.0. The zero-order chi connectivity index (χ0) is 14.9. The topological polar surface area (TPSA) is 50.4 Å². The average molecular weight is 290 g/mol. The van der Waals surface area contributed by atoms with Crippen LogP contribution >= 0.6 is 0 Å². The third kappa shape index (κ3) is 5.76. The van der Waals surface area contributed by atoms with Crippen LogP contribution in [0, 0.1) is 11.8 Å². The smallest absolute Gasteiger partial charge is 0.222 e. The van der Waals surface area contributed by atoms with E-state index in [2.05, 4.69) is 10.6 Å². The molecule has 1 heterocycles. The fraction of sp³-hybridized carbons (Fsp3) is 0.588. The highest BCUT2D eigenvalue weighted by atomic mass is 16.5. The lowest BCUT2D eigenvalue weighted by Crippen LogP contribution is -2.31. The lowest BCUT2D eigenvalue weighted by molar-refractivity contribution is -0.124. The predicted molar refractivity (Wildman–Crippen MR) is 84.3 cm³/mol. The molecule has 2 atom stereocenters. The van der Waals surface area contributed by atoms with Gasteiger partial charge < -0.3 is 15.4 Å². The Bertz CT molecular complexity index is 416. The summed E-state index contributed by atoms with van der Waals surface area (Å²) >= 11 is 0. The van der Waals surface area contributed by atoms with Crippen molar-refractivity contribution in [1.29, 1.82) is 0 Å². The van der Waals surface area contributed by atoms with Crippen LogP contribution in [0.15, 0.2) is 30.3 Å². The largest absolute Gasteiger partial charge is 0.494 e. The van der Waals surface area contributed by atoms with Crippen molar-refractivity contribution in [2.75, 3.05) is 26.2 Å². The first-order valence-corrected chi connectivity index (χ1v) is 7.92. The average Bonchev–Trinajstić information content (AvgIpc) is 3.01. The molecule has 4 nitrogen and oxygen atoms in total. The van der Waals surface area contributed by atoms with Gasteiger partial charge in [0.15, 0.2) is 0 Å². The number of hydrogen-bond donors (Lipinski definition) is 2. The van der Waals surface area contributed by atoms with Crippen LogP contribution in [-0.4, -0.2) is 32.1 Å². The Kier molecular flexibility index (Phi) is 6.54. The molecule has 21 heavy (non-hydrogen) atoms. The molecule has 2 N–H and O–H groups in total. The summed E-state index contributed by atoms with van der Waals surface area (Å²) in [5.41, 5.74) is 0. The van der Waals surface area contributed by atoms with Crippen LogP contribution in [-0.2, 0) is 4.79 Å². The van der Waals surface area contributed by atoms with Gasteiger partial charge in [0, 0.05) is 12.5 Å². The predicted octanol–water partition coefficient (Wildman–Crippen LogP) is 2.21. The van der Waals surface area contributed by atoms with Crippen molar-refractivity contribution in [3.05, 3.63) is 30.3 Å². The fourth-order valence-corrected chi connectivity index (χ4v) is 2.54. The van der Waals surface area contributed by atoms with Gasteiger partial charge in [-0.05, 0) is 50.4 Å². The summed E-state index contributed by atoms with van der Waals surface area (Å²) < 4.78 is 5.62. The molecular weight excluding hydrogens is 264 g/mol. The highest BCUT2D eigenvalue weighted by molar-refractivity contribution is 5.78. The van der Waals surface area contributed by atoms with E-state index in [1.165, 1.54) is 6.42 Å². The zero-order valence-corrected chi connectivity index (χ0v) is 12.8. The van der Waals surface area contributed by atoms with Gasteiger partial charge in [0.1, 0.15) is 5.75 Å². The number of rotatable bonds is 8. The van der Waals surface area contributed by atoms with Crippen LogP contribution in [0.1, 0.15) is 26.2 Å². The summed E-state index contributed by atoms with van der Waals surface area (Å²) in [6, 6.07) is 9.72. The summed E-state index contributed by atoms with van der Waals surface area (Å²) in [5.74, 6) is 1.72. The highest BCUT2D eigenvalue weighted by Gasteiger charge is 2.16. The van der Waals surface area contributed by atoms with Crippen molar-refractivity contribution < 1.29 is 9.53 Å². The Hall–Kier alpha value is -1.55. The molecule has 1 aromatic carbocycles. The number of hydrogen-bond acceptors (Lipinski definition) is 3. The molecular formula is C17H26N2O2. The monoisotopic (exact) mass is 290 g/mol. The summed E-state index contributed by atoms with van der Waals surface area (Å²) in [4.78, 5) is 12.0. The summed E-state index contributed by atoms with van der Waals surface area (Å²) in [6.07, 6.45) is 3.05. The maximum atomic E-state index is 12.0. The summed E-state index contributed by atoms with van der Waals surface area (Å²) in [7, 11) is 0. The number of ether oxygens (including phenoxy) is 1. The Morgan fingerprint density at radius 2 is 2.24 bits per heavy atom. The molecule has 2 rings (SSSR count). The van der Waals surface area contributed by atoms with E-state index in [0.717, 1.165) is 44.1 Å². The van der Waals surface area contributed by atoms with Gasteiger partial charge >= 0.3 is 0 Å². The van der Waals surface area contributed by atoms with Crippen molar-refractivity contribution in [1.82, 2.24) is 10.6 Å². The molecule has 0 saturated carbocycles. The van der Waals surface area contributed by atoms with Gasteiger partial charge in [-0.1, -0.05) is 25.1 Å². The van der Waals surface area contributed by atoms with Gasteiger partial charge in [-0.3, -0.25) is 4.79 Å². The van der Waals surface area contributed by atoms with Crippen molar-refractivity contribution in [3.8, 4) is 5.75 Å². The highest BCUT2D eigenvalue weighted by Crippen LogP contribution is 2.12. The van der Waals surface area contributed by atoms with Crippen molar-refractivity contribution in [2.45, 2.75) is 26.2 Å². The lowest BCUT2D eigenvalue weighted by Gasteiger charge is -2.14. The quantitative estimate of drug-likeness (QED) is 0.772. The number of benzene rings is 1. The van der Waals surface area contributed by atoms with Crippen LogP contribution in [0.25, 0.3) is 0 Å². The van der Waals surface area contributed by atoms with Crippen molar-refractivity contribution in [2.24, 2.45) is 11.8 Å². The van der Waals surface area contributed by atoms with Gasteiger partial charge in [0.25, 0.3) is 0 Å². The number of carbonyl (C=O) groups excluding carboxylic acids is 1. The van der Waals surface area contributed by atoms with Crippen LogP contribution in [0.2, 0.25) is 0 Å². The molecule has 0 aromatic heterocycles. The van der Waals surface area contributed by atoms with Gasteiger partial charge in [0.05, 0.1) is 6.61 Å². The van der Waals surface area contributed by atoms with E-state index < -0.39 is 0 Å². The Morgan fingerprint density at radius 1 is 1.43 bits per heavy atom. The Morgan fingerprint density at radius 3 is 2.95 bits per heavy atom. The number of para-hydroxylation sites is 1. The molecule has 1 fully saturated rings. The van der Waals surface area contributed by atoms with Gasteiger partial charge in [-0.15, -0.1) is 0 Å². The molecule has 4 heteroatoms. The standard InChI is InChI=1S/C17H26N2O2/c1-14(9-12-21-16-5-3-2-4-6-16)17(20)19-11-8-15-7-10-18-13-15/h2-6,14-15,18H,7-13H2,1H3,(H,19,20). The van der Waals surface area contributed by atoms with E-state index in [-0.39, 0.29) is 11.8 Å². The second-order valence-corrected chi connectivity index (χ2v) is 5.79. The zero-order valence-electron chi connectivity index (χ0n) is 12.8. The molecule has 0 radical (unpaired) electrons. The van der Waals surface area contributed by atoms with Crippen LogP contribution in [0.4, 0.5) is 0 Å². The second kappa shape index (κ2) is 8.67. The molecule has 1 aliphatic rings. The van der Waals surface area contributed by atoms with E-state index in [1.54, 1.807) is 0 Å². The minimum absolute atomic E-state index is 0.00425. The fourth-order valence-electron chi connectivity index (χ4n) is 2.54. The third-order valence-electron chi connectivity index (χ3n) is 4.02. The molecule has 1 amide bonds. The van der Waals surface area contributed by atoms with Crippen LogP contribution in [0.3, 0.4) is 0 Å². The number of nitrogens with one attached hydrogen (secondary N) is 2. The maximum Gasteiger partial charge on any atom is 0.222 e. The molecule has 0 aliphatic carbocycles. The summed E-state index contributed by atoms with van der Waals surface area (Å²) in [5, 5.41) is 6.38.